The minimum Gasteiger partial charge on any atom is -0.492 e. The smallest absolute Gasteiger partial charge is 0.244 e. The molecule has 0 aliphatic heterocycles. The van der Waals surface area contributed by atoms with Gasteiger partial charge in [0.05, 0.1) is 24.5 Å². The first-order valence-electron chi connectivity index (χ1n) is 7.07. The fourth-order valence-electron chi connectivity index (χ4n) is 1.87. The largest absolute Gasteiger partial charge is 0.492 e. The van der Waals surface area contributed by atoms with Gasteiger partial charge in [0, 0.05) is 12.3 Å². The van der Waals surface area contributed by atoms with Crippen LogP contribution >= 0.6 is 0 Å². The molecule has 2 rings (SSSR count). The molecule has 0 spiro atoms. The Hall–Kier alpha value is -2.82. The number of nitrogen functional groups attached to an aromatic ring is 1. The van der Waals surface area contributed by atoms with Gasteiger partial charge in [-0.25, -0.2) is 0 Å². The van der Waals surface area contributed by atoms with Crippen molar-refractivity contribution in [3.63, 3.8) is 0 Å². The molecule has 1 aromatic carbocycles. The SMILES string of the molecule is CCOc1ccc(/C=C\C(=O)NCc2ccccn2)cc1N. The molecule has 3 N–H and O–H groups in total. The number of nitrogens with zero attached hydrogens (tertiary/aromatic N) is 1. The molecule has 0 bridgehead atoms. The predicted octanol–water partition coefficient (Wildman–Crippen LogP) is 2.39. The van der Waals surface area contributed by atoms with E-state index in [0.29, 0.717) is 24.6 Å². The highest BCUT2D eigenvalue weighted by Crippen LogP contribution is 2.22. The van der Waals surface area contributed by atoms with Crippen LogP contribution in [0.25, 0.3) is 6.08 Å². The second-order valence-corrected chi connectivity index (χ2v) is 4.60. The molecule has 5 heteroatoms. The Kier molecular flexibility index (Phi) is 5.54. The molecule has 0 saturated heterocycles. The van der Waals surface area contributed by atoms with Gasteiger partial charge < -0.3 is 15.8 Å². The molecular formula is C17H19N3O2. The maximum absolute atomic E-state index is 11.8. The summed E-state index contributed by atoms with van der Waals surface area (Å²) in [6.07, 6.45) is 4.87. The Bertz CT molecular complexity index is 654. The standard InChI is InChI=1S/C17H19N3O2/c1-2-22-16-8-6-13(11-15(16)18)7-9-17(21)20-12-14-5-3-4-10-19-14/h3-11H,2,12,18H2,1H3,(H,20,21)/b9-7-. The van der Waals surface area contributed by atoms with Gasteiger partial charge >= 0.3 is 0 Å². The molecule has 0 saturated carbocycles. The van der Waals surface area contributed by atoms with Crippen LogP contribution in [-0.2, 0) is 11.3 Å². The van der Waals surface area contributed by atoms with Crippen LogP contribution in [0.4, 0.5) is 5.69 Å². The lowest BCUT2D eigenvalue weighted by Gasteiger charge is -2.07. The Morgan fingerprint density at radius 3 is 2.91 bits per heavy atom. The van der Waals surface area contributed by atoms with Crippen molar-refractivity contribution in [3.05, 3.63) is 59.9 Å². The Morgan fingerprint density at radius 1 is 1.36 bits per heavy atom. The van der Waals surface area contributed by atoms with Gasteiger partial charge in [0.1, 0.15) is 5.75 Å². The van der Waals surface area contributed by atoms with Crippen molar-refractivity contribution in [1.29, 1.82) is 0 Å². The number of hydrogen-bond donors (Lipinski definition) is 2. The van der Waals surface area contributed by atoms with Crippen LogP contribution in [-0.4, -0.2) is 17.5 Å². The van der Waals surface area contributed by atoms with Crippen molar-refractivity contribution in [2.24, 2.45) is 0 Å². The number of pyridine rings is 1. The van der Waals surface area contributed by atoms with Crippen LogP contribution in [0.3, 0.4) is 0 Å². The number of ether oxygens (including phenoxy) is 1. The van der Waals surface area contributed by atoms with Gasteiger partial charge in [-0.15, -0.1) is 0 Å². The summed E-state index contributed by atoms with van der Waals surface area (Å²) >= 11 is 0. The summed E-state index contributed by atoms with van der Waals surface area (Å²) in [6, 6.07) is 11.0. The topological polar surface area (TPSA) is 77.2 Å². The summed E-state index contributed by atoms with van der Waals surface area (Å²) in [4.78, 5) is 15.9. The molecule has 114 valence electrons. The predicted molar refractivity (Wildman–Crippen MR) is 87.1 cm³/mol. The van der Waals surface area contributed by atoms with Crippen LogP contribution in [0.1, 0.15) is 18.2 Å². The number of hydrogen-bond acceptors (Lipinski definition) is 4. The molecule has 5 nitrogen and oxygen atoms in total. The molecule has 0 unspecified atom stereocenters. The molecule has 2 aromatic rings. The van der Waals surface area contributed by atoms with Gasteiger partial charge in [-0.1, -0.05) is 12.1 Å². The summed E-state index contributed by atoms with van der Waals surface area (Å²) in [7, 11) is 0. The van der Waals surface area contributed by atoms with Gasteiger partial charge in [0.25, 0.3) is 0 Å². The maximum atomic E-state index is 11.8. The van der Waals surface area contributed by atoms with E-state index in [4.69, 9.17) is 10.5 Å². The summed E-state index contributed by atoms with van der Waals surface area (Å²) in [6.45, 7) is 2.87. The van der Waals surface area contributed by atoms with E-state index in [2.05, 4.69) is 10.3 Å². The fourth-order valence-corrected chi connectivity index (χ4v) is 1.87. The number of carbonyl (C=O) groups excluding carboxylic acids is 1. The number of benzene rings is 1. The summed E-state index contributed by atoms with van der Waals surface area (Å²) < 4.78 is 5.37. The van der Waals surface area contributed by atoms with Crippen molar-refractivity contribution in [2.75, 3.05) is 12.3 Å². The van der Waals surface area contributed by atoms with E-state index in [1.807, 2.05) is 31.2 Å². The molecule has 1 amide bonds. The molecule has 1 heterocycles. The second-order valence-electron chi connectivity index (χ2n) is 4.60. The lowest BCUT2D eigenvalue weighted by molar-refractivity contribution is -0.116. The molecule has 0 atom stereocenters. The molecule has 0 aliphatic carbocycles. The summed E-state index contributed by atoms with van der Waals surface area (Å²) in [5.41, 5.74) is 8.09. The van der Waals surface area contributed by atoms with Gasteiger partial charge in [-0.2, -0.15) is 0 Å². The first-order chi connectivity index (χ1) is 10.7. The monoisotopic (exact) mass is 297 g/mol. The highest BCUT2D eigenvalue weighted by molar-refractivity contribution is 5.91. The molecular weight excluding hydrogens is 278 g/mol. The number of amides is 1. The van der Waals surface area contributed by atoms with E-state index in [1.54, 1.807) is 24.4 Å². The van der Waals surface area contributed by atoms with Crippen LogP contribution in [0.15, 0.2) is 48.7 Å². The fraction of sp³-hybridized carbons (Fsp3) is 0.176. The highest BCUT2D eigenvalue weighted by atomic mass is 16.5. The Morgan fingerprint density at radius 2 is 2.23 bits per heavy atom. The number of carbonyl (C=O) groups is 1. The summed E-state index contributed by atoms with van der Waals surface area (Å²) in [5.74, 6) is 0.470. The maximum Gasteiger partial charge on any atom is 0.244 e. The van der Waals surface area contributed by atoms with E-state index >= 15 is 0 Å². The zero-order valence-electron chi connectivity index (χ0n) is 12.5. The number of rotatable bonds is 6. The first-order valence-corrected chi connectivity index (χ1v) is 7.07. The second kappa shape index (κ2) is 7.83. The molecule has 1 aromatic heterocycles. The highest BCUT2D eigenvalue weighted by Gasteiger charge is 2.01. The number of nitrogens with two attached hydrogens (primary N) is 1. The van der Waals surface area contributed by atoms with Gasteiger partial charge in [0.15, 0.2) is 0 Å². The number of aromatic nitrogens is 1. The molecule has 0 aliphatic rings. The summed E-state index contributed by atoms with van der Waals surface area (Å²) in [5, 5.41) is 2.77. The van der Waals surface area contributed by atoms with E-state index in [9.17, 15) is 4.79 Å². The zero-order valence-corrected chi connectivity index (χ0v) is 12.5. The number of anilines is 1. The van der Waals surface area contributed by atoms with Crippen molar-refractivity contribution >= 4 is 17.7 Å². The molecule has 0 fully saturated rings. The van der Waals surface area contributed by atoms with Crippen LogP contribution in [0.2, 0.25) is 0 Å². The average Bonchev–Trinajstić information content (AvgIpc) is 2.54. The Balaban J connectivity index is 1.91. The van der Waals surface area contributed by atoms with Gasteiger partial charge in [0.2, 0.25) is 5.91 Å². The van der Waals surface area contributed by atoms with Gasteiger partial charge in [-0.3, -0.25) is 9.78 Å². The van der Waals surface area contributed by atoms with E-state index < -0.39 is 0 Å². The minimum absolute atomic E-state index is 0.182. The van der Waals surface area contributed by atoms with Crippen molar-refractivity contribution in [2.45, 2.75) is 13.5 Å². The van der Waals surface area contributed by atoms with Crippen molar-refractivity contribution < 1.29 is 9.53 Å². The van der Waals surface area contributed by atoms with Crippen LogP contribution in [0.5, 0.6) is 5.75 Å². The normalized spacial score (nSPS) is 10.6. The van der Waals surface area contributed by atoms with E-state index in [0.717, 1.165) is 11.3 Å². The van der Waals surface area contributed by atoms with Crippen LogP contribution < -0.4 is 15.8 Å². The zero-order chi connectivity index (χ0) is 15.8. The first kappa shape index (κ1) is 15.6. The lowest BCUT2D eigenvalue weighted by atomic mass is 10.1. The molecule has 0 radical (unpaired) electrons. The third-order valence-electron chi connectivity index (χ3n) is 2.93. The molecule has 22 heavy (non-hydrogen) atoms. The number of nitrogens with one attached hydrogen (secondary N) is 1. The van der Waals surface area contributed by atoms with E-state index in [1.165, 1.54) is 6.08 Å². The lowest BCUT2D eigenvalue weighted by Crippen LogP contribution is -2.20. The Labute approximate surface area is 129 Å². The minimum atomic E-state index is -0.182. The average molecular weight is 297 g/mol. The van der Waals surface area contributed by atoms with Gasteiger partial charge in [-0.05, 0) is 42.8 Å². The third kappa shape index (κ3) is 4.63. The van der Waals surface area contributed by atoms with E-state index in [-0.39, 0.29) is 5.91 Å². The quantitative estimate of drug-likeness (QED) is 0.634. The van der Waals surface area contributed by atoms with Crippen LogP contribution in [0, 0.1) is 0 Å². The van der Waals surface area contributed by atoms with Crippen molar-refractivity contribution in [1.82, 2.24) is 10.3 Å². The third-order valence-corrected chi connectivity index (χ3v) is 2.93. The van der Waals surface area contributed by atoms with Crippen molar-refractivity contribution in [3.8, 4) is 5.75 Å².